The molecule has 0 bridgehead atoms. The van der Waals surface area contributed by atoms with Crippen molar-refractivity contribution in [2.24, 2.45) is 0 Å². The molecule has 0 aromatic heterocycles. The van der Waals surface area contributed by atoms with E-state index in [1.807, 2.05) is 6.92 Å². The van der Waals surface area contributed by atoms with Gasteiger partial charge >= 0.3 is 6.18 Å². The van der Waals surface area contributed by atoms with Crippen molar-refractivity contribution in [1.29, 1.82) is 0 Å². The molecule has 2 aromatic rings. The van der Waals surface area contributed by atoms with Crippen LogP contribution < -0.4 is 10.6 Å². The Labute approximate surface area is 165 Å². The second kappa shape index (κ2) is 9.54. The third-order valence-corrected chi connectivity index (χ3v) is 4.17. The normalized spacial score (nSPS) is 11.7. The predicted octanol–water partition coefficient (Wildman–Crippen LogP) is 5.44. The summed E-state index contributed by atoms with van der Waals surface area (Å²) in [6.07, 6.45) is -1.23. The van der Waals surface area contributed by atoms with E-state index in [0.29, 0.717) is 18.5 Å². The van der Waals surface area contributed by atoms with E-state index in [0.717, 1.165) is 30.3 Å². The zero-order valence-electron chi connectivity index (χ0n) is 16.0. The average molecular weight is 412 g/mol. The van der Waals surface area contributed by atoms with Crippen LogP contribution in [0, 0.1) is 18.6 Å². The molecule has 0 aliphatic heterocycles. The van der Waals surface area contributed by atoms with Gasteiger partial charge in [-0.3, -0.25) is 4.79 Å². The monoisotopic (exact) mass is 412 g/mol. The highest BCUT2D eigenvalue weighted by atomic mass is 19.4. The number of alkyl halides is 3. The number of hydrogen-bond acceptors (Lipinski definition) is 2. The van der Waals surface area contributed by atoms with Crippen LogP contribution in [-0.4, -0.2) is 12.5 Å². The quantitative estimate of drug-likeness (QED) is 0.470. The molecule has 0 unspecified atom stereocenters. The molecule has 0 atom stereocenters. The average Bonchev–Trinajstić information content (AvgIpc) is 2.66. The van der Waals surface area contributed by atoms with Gasteiger partial charge < -0.3 is 10.6 Å². The van der Waals surface area contributed by atoms with Gasteiger partial charge in [0.15, 0.2) is 0 Å². The van der Waals surface area contributed by atoms with Gasteiger partial charge in [0, 0.05) is 30.4 Å². The molecule has 8 heteroatoms. The van der Waals surface area contributed by atoms with E-state index in [1.165, 1.54) is 19.1 Å². The minimum atomic E-state index is -4.47. The van der Waals surface area contributed by atoms with Gasteiger partial charge in [-0.15, -0.1) is 0 Å². The van der Waals surface area contributed by atoms with Crippen LogP contribution in [0.5, 0.6) is 0 Å². The number of nitrogens with one attached hydrogen (secondary N) is 2. The minimum Gasteiger partial charge on any atom is -0.385 e. The van der Waals surface area contributed by atoms with E-state index in [4.69, 9.17) is 0 Å². The lowest BCUT2D eigenvalue weighted by atomic mass is 10.1. The summed E-state index contributed by atoms with van der Waals surface area (Å²) in [6, 6.07) is 5.46. The molecule has 3 nitrogen and oxygen atoms in total. The third-order valence-electron chi connectivity index (χ3n) is 4.17. The van der Waals surface area contributed by atoms with Crippen molar-refractivity contribution in [2.75, 3.05) is 11.9 Å². The number of rotatable bonds is 7. The number of carbonyl (C=O) groups is 1. The Morgan fingerprint density at radius 2 is 1.76 bits per heavy atom. The molecule has 1 amide bonds. The first-order chi connectivity index (χ1) is 13.6. The van der Waals surface area contributed by atoms with E-state index in [1.54, 1.807) is 0 Å². The summed E-state index contributed by atoms with van der Waals surface area (Å²) in [4.78, 5) is 12.0. The maximum atomic E-state index is 13.5. The summed E-state index contributed by atoms with van der Waals surface area (Å²) in [6.45, 7) is 3.56. The van der Waals surface area contributed by atoms with Crippen molar-refractivity contribution >= 4 is 17.7 Å². The molecule has 156 valence electrons. The fraction of sp³-hybridized carbons (Fsp3) is 0.286. The lowest BCUT2D eigenvalue weighted by molar-refractivity contribution is -0.137. The van der Waals surface area contributed by atoms with Crippen LogP contribution in [0.3, 0.4) is 0 Å². The van der Waals surface area contributed by atoms with Crippen molar-refractivity contribution in [3.8, 4) is 0 Å². The Kier molecular flexibility index (Phi) is 7.36. The number of hydrogen-bond donors (Lipinski definition) is 2. The number of benzene rings is 2. The second-order valence-electron chi connectivity index (χ2n) is 6.46. The molecular weight excluding hydrogens is 391 g/mol. The van der Waals surface area contributed by atoms with Crippen molar-refractivity contribution in [3.05, 3.63) is 70.3 Å². The zero-order valence-corrected chi connectivity index (χ0v) is 16.0. The Morgan fingerprint density at radius 1 is 1.10 bits per heavy atom. The molecule has 0 spiro atoms. The van der Waals surface area contributed by atoms with Gasteiger partial charge in [-0.1, -0.05) is 13.0 Å². The first-order valence-corrected chi connectivity index (χ1v) is 8.97. The van der Waals surface area contributed by atoms with E-state index in [2.05, 4.69) is 10.6 Å². The summed E-state index contributed by atoms with van der Waals surface area (Å²) < 4.78 is 65.8. The van der Waals surface area contributed by atoms with Crippen LogP contribution in [0.15, 0.2) is 36.4 Å². The molecule has 0 saturated carbocycles. The molecule has 2 aromatic carbocycles. The zero-order chi connectivity index (χ0) is 21.6. The van der Waals surface area contributed by atoms with Crippen LogP contribution in [0.2, 0.25) is 0 Å². The van der Waals surface area contributed by atoms with E-state index < -0.39 is 29.3 Å². The Bertz CT molecular complexity index is 883. The van der Waals surface area contributed by atoms with Gasteiger partial charge in [0.05, 0.1) is 5.56 Å². The smallest absolute Gasteiger partial charge is 0.385 e. The topological polar surface area (TPSA) is 41.1 Å². The Balaban J connectivity index is 2.10. The summed E-state index contributed by atoms with van der Waals surface area (Å²) in [5, 5.41) is 5.39. The minimum absolute atomic E-state index is 0.0920. The van der Waals surface area contributed by atoms with Gasteiger partial charge in [0.25, 0.3) is 0 Å². The van der Waals surface area contributed by atoms with Crippen LogP contribution in [0.1, 0.15) is 35.6 Å². The van der Waals surface area contributed by atoms with E-state index >= 15 is 0 Å². The molecule has 0 aliphatic rings. The van der Waals surface area contributed by atoms with Gasteiger partial charge in [-0.2, -0.15) is 13.2 Å². The molecule has 0 aliphatic carbocycles. The maximum absolute atomic E-state index is 13.5. The van der Waals surface area contributed by atoms with Crippen LogP contribution in [0.4, 0.5) is 27.6 Å². The molecule has 29 heavy (non-hydrogen) atoms. The Hall–Kier alpha value is -2.90. The van der Waals surface area contributed by atoms with Gasteiger partial charge in [-0.05, 0) is 54.8 Å². The van der Waals surface area contributed by atoms with Crippen molar-refractivity contribution in [2.45, 2.75) is 33.0 Å². The lowest BCUT2D eigenvalue weighted by Crippen LogP contribution is -2.20. The van der Waals surface area contributed by atoms with E-state index in [-0.39, 0.29) is 23.4 Å². The van der Waals surface area contributed by atoms with Crippen molar-refractivity contribution < 1.29 is 26.7 Å². The van der Waals surface area contributed by atoms with E-state index in [9.17, 15) is 26.7 Å². The number of halogens is 5. The first kappa shape index (κ1) is 22.4. The SMILES string of the molecule is CCCNc1cc(C(F)(F)F)ccc1/C=C/C(=O)NCc1cc(F)c(C)c(F)c1. The largest absolute Gasteiger partial charge is 0.416 e. The molecule has 0 fully saturated rings. The predicted molar refractivity (Wildman–Crippen MR) is 102 cm³/mol. The molecule has 2 rings (SSSR count). The fourth-order valence-corrected chi connectivity index (χ4v) is 2.50. The number of amides is 1. The van der Waals surface area contributed by atoms with Gasteiger partial charge in [0.2, 0.25) is 5.91 Å². The van der Waals surface area contributed by atoms with Gasteiger partial charge in [-0.25, -0.2) is 8.78 Å². The summed E-state index contributed by atoms with van der Waals surface area (Å²) >= 11 is 0. The van der Waals surface area contributed by atoms with Crippen LogP contribution >= 0.6 is 0 Å². The van der Waals surface area contributed by atoms with Crippen LogP contribution in [0.25, 0.3) is 6.08 Å². The highest BCUT2D eigenvalue weighted by Gasteiger charge is 2.30. The van der Waals surface area contributed by atoms with Crippen molar-refractivity contribution in [3.63, 3.8) is 0 Å². The highest BCUT2D eigenvalue weighted by Crippen LogP contribution is 2.32. The summed E-state index contributed by atoms with van der Waals surface area (Å²) in [5.74, 6) is -1.96. The Morgan fingerprint density at radius 3 is 2.34 bits per heavy atom. The maximum Gasteiger partial charge on any atom is 0.416 e. The molecular formula is C21H21F5N2O. The molecule has 2 N–H and O–H groups in total. The number of anilines is 1. The fourth-order valence-electron chi connectivity index (χ4n) is 2.50. The molecule has 0 saturated heterocycles. The molecule has 0 heterocycles. The second-order valence-corrected chi connectivity index (χ2v) is 6.46. The van der Waals surface area contributed by atoms with Crippen molar-refractivity contribution in [1.82, 2.24) is 5.32 Å². The summed E-state index contributed by atoms with van der Waals surface area (Å²) in [5.41, 5.74) is 0.0325. The number of carbonyl (C=O) groups excluding carboxylic acids is 1. The van der Waals surface area contributed by atoms with Crippen LogP contribution in [-0.2, 0) is 17.5 Å². The summed E-state index contributed by atoms with van der Waals surface area (Å²) in [7, 11) is 0. The molecule has 0 radical (unpaired) electrons. The van der Waals surface area contributed by atoms with Gasteiger partial charge in [0.1, 0.15) is 11.6 Å². The first-order valence-electron chi connectivity index (χ1n) is 8.97. The third kappa shape index (κ3) is 6.30. The highest BCUT2D eigenvalue weighted by molar-refractivity contribution is 5.92. The standard InChI is InChI=1S/C21H21F5N2O/c1-3-8-27-19-11-16(21(24,25)26)6-4-15(19)5-7-20(29)28-12-14-9-17(22)13(2)18(23)10-14/h4-7,9-11,27H,3,8,12H2,1-2H3,(H,28,29)/b7-5+. The lowest BCUT2D eigenvalue weighted by Gasteiger charge is -2.13.